The summed E-state index contributed by atoms with van der Waals surface area (Å²) in [4.78, 5) is 17.9. The lowest BCUT2D eigenvalue weighted by Crippen LogP contribution is -2.34. The van der Waals surface area contributed by atoms with Crippen LogP contribution in [0.1, 0.15) is 36.6 Å². The van der Waals surface area contributed by atoms with Gasteiger partial charge in [-0.2, -0.15) is 10.1 Å². The van der Waals surface area contributed by atoms with E-state index in [9.17, 15) is 4.79 Å². The number of allylic oxidation sites excluding steroid dienone is 1. The van der Waals surface area contributed by atoms with Gasteiger partial charge in [0.1, 0.15) is 19.0 Å². The molecule has 5 rings (SSSR count). The van der Waals surface area contributed by atoms with Crippen LogP contribution in [0.2, 0.25) is 10.0 Å². The summed E-state index contributed by atoms with van der Waals surface area (Å²) in [5, 5.41) is 11.7. The second kappa shape index (κ2) is 11.8. The third kappa shape index (κ3) is 5.87. The van der Waals surface area contributed by atoms with E-state index in [4.69, 9.17) is 32.7 Å². The molecule has 0 fully saturated rings. The lowest BCUT2D eigenvalue weighted by Gasteiger charge is -2.29. The van der Waals surface area contributed by atoms with E-state index >= 15 is 0 Å². The van der Waals surface area contributed by atoms with E-state index in [0.717, 1.165) is 16.7 Å². The van der Waals surface area contributed by atoms with E-state index in [0.29, 0.717) is 51.9 Å². The molecule has 200 valence electrons. The lowest BCUT2D eigenvalue weighted by atomic mass is 9.94. The number of fused-ring (bicyclic) bond motifs is 1. The Balaban J connectivity index is 1.45. The summed E-state index contributed by atoms with van der Waals surface area (Å²) in [6.45, 7) is 4.83. The summed E-state index contributed by atoms with van der Waals surface area (Å²) in [7, 11) is 0. The standard InChI is InChI=1S/C29H27Cl2N5O3/c1-3-38-25-13-20(10-12-24(25)39-16-21-9-11-22(30)14-23(21)31)27-26(18(2)35-29-33-17-34-36(27)29)28(37)32-15-19-7-5-4-6-8-19/h4-14,17,27H,3,15-16H2,1-2H3,(H,32,37)(H,33,34,35)/t27-/m0/s1. The molecular weight excluding hydrogens is 537 g/mol. The van der Waals surface area contributed by atoms with Gasteiger partial charge in [-0.3, -0.25) is 4.79 Å². The maximum atomic E-state index is 13.5. The lowest BCUT2D eigenvalue weighted by molar-refractivity contribution is -0.118. The van der Waals surface area contributed by atoms with E-state index in [-0.39, 0.29) is 12.5 Å². The van der Waals surface area contributed by atoms with Crippen molar-refractivity contribution in [3.05, 3.63) is 111 Å². The summed E-state index contributed by atoms with van der Waals surface area (Å²) >= 11 is 12.3. The molecule has 0 aliphatic carbocycles. The Kier molecular flexibility index (Phi) is 8.05. The number of amides is 1. The number of halogens is 2. The van der Waals surface area contributed by atoms with Crippen LogP contribution in [-0.2, 0) is 17.9 Å². The number of carbonyl (C=O) groups is 1. The van der Waals surface area contributed by atoms with E-state index in [1.165, 1.54) is 6.33 Å². The first kappa shape index (κ1) is 26.6. The van der Waals surface area contributed by atoms with Crippen LogP contribution in [0.25, 0.3) is 0 Å². The molecule has 0 bridgehead atoms. The number of carbonyl (C=O) groups excluding carboxylic acids is 1. The average molecular weight is 564 g/mol. The Morgan fingerprint density at radius 2 is 1.87 bits per heavy atom. The molecule has 2 heterocycles. The molecule has 0 spiro atoms. The van der Waals surface area contributed by atoms with Gasteiger partial charge in [-0.15, -0.1) is 0 Å². The predicted molar refractivity (Wildman–Crippen MR) is 151 cm³/mol. The van der Waals surface area contributed by atoms with Gasteiger partial charge in [0.05, 0.1) is 12.2 Å². The fourth-order valence-corrected chi connectivity index (χ4v) is 4.91. The number of aromatic nitrogens is 3. The molecule has 0 radical (unpaired) electrons. The van der Waals surface area contributed by atoms with Crippen molar-refractivity contribution in [3.8, 4) is 11.5 Å². The minimum absolute atomic E-state index is 0.203. The van der Waals surface area contributed by atoms with Gasteiger partial charge in [-0.1, -0.05) is 65.7 Å². The zero-order chi connectivity index (χ0) is 27.4. The molecule has 10 heteroatoms. The fraction of sp³-hybridized carbons (Fsp3) is 0.207. The molecule has 0 unspecified atom stereocenters. The second-order valence-corrected chi connectivity index (χ2v) is 9.77. The van der Waals surface area contributed by atoms with Crippen molar-refractivity contribution in [3.63, 3.8) is 0 Å². The van der Waals surface area contributed by atoms with Gasteiger partial charge < -0.3 is 20.1 Å². The van der Waals surface area contributed by atoms with Crippen LogP contribution >= 0.6 is 23.2 Å². The molecule has 0 saturated carbocycles. The van der Waals surface area contributed by atoms with E-state index < -0.39 is 6.04 Å². The Labute approximate surface area is 236 Å². The number of rotatable bonds is 9. The molecule has 39 heavy (non-hydrogen) atoms. The maximum Gasteiger partial charge on any atom is 0.251 e. The van der Waals surface area contributed by atoms with Crippen LogP contribution in [0.15, 0.2) is 84.3 Å². The molecule has 1 aliphatic rings. The van der Waals surface area contributed by atoms with Crippen molar-refractivity contribution in [1.29, 1.82) is 0 Å². The number of nitrogens with one attached hydrogen (secondary N) is 2. The van der Waals surface area contributed by atoms with Gasteiger partial charge >= 0.3 is 0 Å². The number of anilines is 1. The van der Waals surface area contributed by atoms with E-state index in [1.54, 1.807) is 16.8 Å². The summed E-state index contributed by atoms with van der Waals surface area (Å²) in [6, 6.07) is 20.1. The number of hydrogen-bond donors (Lipinski definition) is 2. The van der Waals surface area contributed by atoms with Crippen molar-refractivity contribution >= 4 is 35.1 Å². The Bertz CT molecular complexity index is 1520. The maximum absolute atomic E-state index is 13.5. The number of benzene rings is 3. The molecule has 1 aromatic heterocycles. The monoisotopic (exact) mass is 563 g/mol. The highest BCUT2D eigenvalue weighted by atomic mass is 35.5. The SMILES string of the molecule is CCOc1cc([C@H]2C(C(=O)NCc3ccccc3)=C(C)Nc3ncnn32)ccc1OCc1ccc(Cl)cc1Cl. The molecule has 3 aromatic carbocycles. The fourth-order valence-electron chi connectivity index (χ4n) is 4.44. The number of nitrogens with zero attached hydrogens (tertiary/aromatic N) is 3. The highest BCUT2D eigenvalue weighted by molar-refractivity contribution is 6.35. The minimum Gasteiger partial charge on any atom is -0.490 e. The zero-order valence-electron chi connectivity index (χ0n) is 21.4. The zero-order valence-corrected chi connectivity index (χ0v) is 23.0. The van der Waals surface area contributed by atoms with Crippen LogP contribution in [0.5, 0.6) is 11.5 Å². The quantitative estimate of drug-likeness (QED) is 0.253. The largest absolute Gasteiger partial charge is 0.490 e. The van der Waals surface area contributed by atoms with Gasteiger partial charge in [-0.05, 0) is 49.2 Å². The van der Waals surface area contributed by atoms with Crippen LogP contribution in [0, 0.1) is 0 Å². The molecule has 4 aromatic rings. The van der Waals surface area contributed by atoms with Gasteiger partial charge in [0, 0.05) is 27.9 Å². The van der Waals surface area contributed by atoms with Crippen LogP contribution in [0.3, 0.4) is 0 Å². The van der Waals surface area contributed by atoms with Gasteiger partial charge in [0.15, 0.2) is 11.5 Å². The highest BCUT2D eigenvalue weighted by Gasteiger charge is 2.34. The third-order valence-corrected chi connectivity index (χ3v) is 6.90. The molecular formula is C29H27Cl2N5O3. The summed E-state index contributed by atoms with van der Waals surface area (Å²) < 4.78 is 13.7. The average Bonchev–Trinajstić information content (AvgIpc) is 3.40. The normalized spacial score (nSPS) is 14.4. The van der Waals surface area contributed by atoms with E-state index in [1.807, 2.05) is 68.4 Å². The first-order valence-corrected chi connectivity index (χ1v) is 13.2. The molecule has 1 aliphatic heterocycles. The Morgan fingerprint density at radius 3 is 2.64 bits per heavy atom. The van der Waals surface area contributed by atoms with Crippen molar-refractivity contribution in [2.75, 3.05) is 11.9 Å². The van der Waals surface area contributed by atoms with Crippen molar-refractivity contribution in [2.45, 2.75) is 33.0 Å². The van der Waals surface area contributed by atoms with Crippen molar-refractivity contribution in [1.82, 2.24) is 20.1 Å². The first-order chi connectivity index (χ1) is 18.9. The summed E-state index contributed by atoms with van der Waals surface area (Å²) in [5.41, 5.74) is 3.84. The third-order valence-electron chi connectivity index (χ3n) is 6.32. The number of hydrogen-bond acceptors (Lipinski definition) is 6. The summed E-state index contributed by atoms with van der Waals surface area (Å²) in [5.74, 6) is 1.44. The second-order valence-electron chi connectivity index (χ2n) is 8.93. The Hall–Kier alpha value is -4.01. The molecule has 1 atom stereocenters. The van der Waals surface area contributed by atoms with Crippen LogP contribution < -0.4 is 20.1 Å². The Morgan fingerprint density at radius 1 is 1.05 bits per heavy atom. The molecule has 2 N–H and O–H groups in total. The van der Waals surface area contributed by atoms with Crippen LogP contribution in [0.4, 0.5) is 5.95 Å². The molecule has 0 saturated heterocycles. The summed E-state index contributed by atoms with van der Waals surface area (Å²) in [6.07, 6.45) is 1.46. The van der Waals surface area contributed by atoms with Crippen LogP contribution in [-0.4, -0.2) is 27.3 Å². The minimum atomic E-state index is -0.529. The van der Waals surface area contributed by atoms with E-state index in [2.05, 4.69) is 20.7 Å². The van der Waals surface area contributed by atoms with Gasteiger partial charge in [0.25, 0.3) is 5.91 Å². The molecule has 8 nitrogen and oxygen atoms in total. The van der Waals surface area contributed by atoms with Gasteiger partial charge in [-0.25, -0.2) is 4.68 Å². The first-order valence-electron chi connectivity index (χ1n) is 12.5. The van der Waals surface area contributed by atoms with Crippen molar-refractivity contribution in [2.24, 2.45) is 0 Å². The highest BCUT2D eigenvalue weighted by Crippen LogP contribution is 2.39. The van der Waals surface area contributed by atoms with Gasteiger partial charge in [0.2, 0.25) is 5.95 Å². The topological polar surface area (TPSA) is 90.3 Å². The number of ether oxygens (including phenoxy) is 2. The smallest absolute Gasteiger partial charge is 0.251 e. The predicted octanol–water partition coefficient (Wildman–Crippen LogP) is 6.17. The molecule has 1 amide bonds. The van der Waals surface area contributed by atoms with Crippen molar-refractivity contribution < 1.29 is 14.3 Å².